The molecule has 16 heavy (non-hydrogen) atoms. The third-order valence-corrected chi connectivity index (χ3v) is 3.44. The fourth-order valence-electron chi connectivity index (χ4n) is 2.07. The average Bonchev–Trinajstić information content (AvgIpc) is 2.61. The Bertz CT molecular complexity index is 452. The van der Waals surface area contributed by atoms with Crippen molar-refractivity contribution >= 4 is 17.2 Å². The Hall–Kier alpha value is -0.960. The summed E-state index contributed by atoms with van der Waals surface area (Å²) in [6, 6.07) is 0. The van der Waals surface area contributed by atoms with Crippen molar-refractivity contribution in [2.45, 2.75) is 40.0 Å². The van der Waals surface area contributed by atoms with Crippen LogP contribution in [-0.2, 0) is 6.42 Å². The van der Waals surface area contributed by atoms with Crippen LogP contribution >= 0.6 is 12.2 Å². The number of allylic oxidation sites excluding steroid dienone is 2. The predicted octanol–water partition coefficient (Wildman–Crippen LogP) is 3.32. The lowest BCUT2D eigenvalue weighted by atomic mass is 9.92. The maximum Gasteiger partial charge on any atom is 0.128 e. The Labute approximate surface area is 102 Å². The lowest BCUT2D eigenvalue weighted by molar-refractivity contribution is 0.707. The normalized spacial score (nSPS) is 15.6. The van der Waals surface area contributed by atoms with Gasteiger partial charge in [-0.1, -0.05) is 45.5 Å². The SMILES string of the molecule is CC(C)C1=CC(=S)n2ncc(C(C)C)c2C1. The minimum atomic E-state index is 0.512. The van der Waals surface area contributed by atoms with Crippen molar-refractivity contribution < 1.29 is 0 Å². The maximum absolute atomic E-state index is 5.38. The molecule has 86 valence electrons. The highest BCUT2D eigenvalue weighted by atomic mass is 32.1. The second-order valence-corrected chi connectivity index (χ2v) is 5.42. The second-order valence-electron chi connectivity index (χ2n) is 5.00. The van der Waals surface area contributed by atoms with Crippen LogP contribution < -0.4 is 0 Å². The van der Waals surface area contributed by atoms with Crippen LogP contribution in [0.5, 0.6) is 0 Å². The number of hydrogen-bond acceptors (Lipinski definition) is 2. The number of rotatable bonds is 2. The summed E-state index contributed by atoms with van der Waals surface area (Å²) in [5.41, 5.74) is 4.03. The van der Waals surface area contributed by atoms with Gasteiger partial charge in [0.25, 0.3) is 0 Å². The molecule has 1 aliphatic rings. The molecule has 2 nitrogen and oxygen atoms in total. The number of thiocarbonyl (C=S) groups is 1. The lowest BCUT2D eigenvalue weighted by Gasteiger charge is -2.20. The fraction of sp³-hybridized carbons (Fsp3) is 0.538. The van der Waals surface area contributed by atoms with Gasteiger partial charge in [-0.05, 0) is 23.5 Å². The van der Waals surface area contributed by atoms with Gasteiger partial charge in [0.15, 0.2) is 0 Å². The summed E-state index contributed by atoms with van der Waals surface area (Å²) in [7, 11) is 0. The Morgan fingerprint density at radius 3 is 2.50 bits per heavy atom. The van der Waals surface area contributed by atoms with E-state index in [2.05, 4.69) is 38.9 Å². The molecule has 0 saturated carbocycles. The number of hydrogen-bond donors (Lipinski definition) is 0. The van der Waals surface area contributed by atoms with E-state index in [1.807, 2.05) is 10.9 Å². The lowest BCUT2D eigenvalue weighted by Crippen LogP contribution is -2.20. The summed E-state index contributed by atoms with van der Waals surface area (Å²) in [5.74, 6) is 1.07. The molecule has 0 N–H and O–H groups in total. The van der Waals surface area contributed by atoms with E-state index < -0.39 is 0 Å². The number of fused-ring (bicyclic) bond motifs is 1. The van der Waals surface area contributed by atoms with Gasteiger partial charge < -0.3 is 0 Å². The van der Waals surface area contributed by atoms with Gasteiger partial charge in [-0.3, -0.25) is 0 Å². The smallest absolute Gasteiger partial charge is 0.128 e. The molecule has 1 aromatic heterocycles. The second kappa shape index (κ2) is 4.13. The first-order chi connectivity index (χ1) is 7.50. The van der Waals surface area contributed by atoms with Crippen molar-refractivity contribution in [3.63, 3.8) is 0 Å². The van der Waals surface area contributed by atoms with Crippen molar-refractivity contribution in [1.82, 2.24) is 9.78 Å². The first-order valence-corrected chi connectivity index (χ1v) is 6.23. The molecule has 3 heteroatoms. The van der Waals surface area contributed by atoms with Crippen LogP contribution in [-0.4, -0.2) is 14.8 Å². The minimum absolute atomic E-state index is 0.512. The first kappa shape index (κ1) is 11.5. The standard InChI is InChI=1S/C13H18N2S/c1-8(2)10-5-12-11(9(3)4)7-14-15(12)13(16)6-10/h6-9H,5H2,1-4H3. The third kappa shape index (κ3) is 1.84. The average molecular weight is 234 g/mol. The van der Waals surface area contributed by atoms with Crippen LogP contribution in [0.15, 0.2) is 17.8 Å². The van der Waals surface area contributed by atoms with E-state index in [0.717, 1.165) is 11.4 Å². The molecular formula is C13H18N2S. The molecule has 0 radical (unpaired) electrons. The molecule has 0 unspecified atom stereocenters. The Morgan fingerprint density at radius 1 is 1.25 bits per heavy atom. The van der Waals surface area contributed by atoms with Crippen molar-refractivity contribution in [2.75, 3.05) is 0 Å². The molecule has 2 heterocycles. The zero-order valence-corrected chi connectivity index (χ0v) is 11.1. The number of nitrogens with zero attached hydrogens (tertiary/aromatic N) is 2. The van der Waals surface area contributed by atoms with E-state index in [4.69, 9.17) is 12.2 Å². The van der Waals surface area contributed by atoms with Gasteiger partial charge in [0.1, 0.15) is 4.99 Å². The quantitative estimate of drug-likeness (QED) is 0.731. The van der Waals surface area contributed by atoms with Crippen molar-refractivity contribution in [2.24, 2.45) is 5.92 Å². The molecule has 1 aromatic rings. The van der Waals surface area contributed by atoms with Crippen LogP contribution in [0.4, 0.5) is 0 Å². The minimum Gasteiger partial charge on any atom is -0.226 e. The van der Waals surface area contributed by atoms with Crippen molar-refractivity contribution in [1.29, 1.82) is 0 Å². The molecule has 0 amide bonds. The summed E-state index contributed by atoms with van der Waals surface area (Å²) in [6.45, 7) is 8.84. The topological polar surface area (TPSA) is 17.8 Å². The Morgan fingerprint density at radius 2 is 1.94 bits per heavy atom. The molecule has 0 saturated heterocycles. The van der Waals surface area contributed by atoms with Gasteiger partial charge in [-0.15, -0.1) is 0 Å². The molecular weight excluding hydrogens is 216 g/mol. The van der Waals surface area contributed by atoms with E-state index >= 15 is 0 Å². The molecule has 0 bridgehead atoms. The summed E-state index contributed by atoms with van der Waals surface area (Å²) >= 11 is 5.38. The Balaban J connectivity index is 2.44. The zero-order chi connectivity index (χ0) is 11.9. The third-order valence-electron chi connectivity index (χ3n) is 3.15. The molecule has 0 fully saturated rings. The molecule has 2 rings (SSSR count). The summed E-state index contributed by atoms with van der Waals surface area (Å²) in [6.07, 6.45) is 5.05. The summed E-state index contributed by atoms with van der Waals surface area (Å²) in [5, 5.41) is 4.38. The van der Waals surface area contributed by atoms with Gasteiger partial charge in [-0.25, -0.2) is 4.68 Å². The highest BCUT2D eigenvalue weighted by Gasteiger charge is 2.21. The largest absolute Gasteiger partial charge is 0.226 e. The highest BCUT2D eigenvalue weighted by Crippen LogP contribution is 2.27. The van der Waals surface area contributed by atoms with Gasteiger partial charge in [-0.2, -0.15) is 5.10 Å². The van der Waals surface area contributed by atoms with Crippen molar-refractivity contribution in [3.05, 3.63) is 29.1 Å². The number of aromatic nitrogens is 2. The van der Waals surface area contributed by atoms with Crippen LogP contribution in [0, 0.1) is 5.92 Å². The summed E-state index contributed by atoms with van der Waals surface area (Å²) < 4.78 is 1.91. The molecule has 1 aliphatic heterocycles. The van der Waals surface area contributed by atoms with E-state index in [0.29, 0.717) is 11.8 Å². The molecule has 0 atom stereocenters. The zero-order valence-electron chi connectivity index (χ0n) is 10.3. The fourth-order valence-corrected chi connectivity index (χ4v) is 2.38. The molecule has 0 spiro atoms. The Kier molecular flexibility index (Phi) is 2.98. The van der Waals surface area contributed by atoms with Crippen LogP contribution in [0.1, 0.15) is 44.9 Å². The van der Waals surface area contributed by atoms with Gasteiger partial charge >= 0.3 is 0 Å². The van der Waals surface area contributed by atoms with E-state index in [-0.39, 0.29) is 0 Å². The van der Waals surface area contributed by atoms with Gasteiger partial charge in [0.2, 0.25) is 0 Å². The van der Waals surface area contributed by atoms with E-state index in [1.165, 1.54) is 16.8 Å². The molecule has 0 aliphatic carbocycles. The highest BCUT2D eigenvalue weighted by molar-refractivity contribution is 7.80. The maximum atomic E-state index is 5.38. The molecule has 0 aromatic carbocycles. The van der Waals surface area contributed by atoms with Crippen LogP contribution in [0.25, 0.3) is 0 Å². The van der Waals surface area contributed by atoms with Crippen LogP contribution in [0.2, 0.25) is 0 Å². The first-order valence-electron chi connectivity index (χ1n) is 5.82. The van der Waals surface area contributed by atoms with E-state index in [9.17, 15) is 0 Å². The monoisotopic (exact) mass is 234 g/mol. The van der Waals surface area contributed by atoms with Gasteiger partial charge in [0, 0.05) is 6.42 Å². The van der Waals surface area contributed by atoms with Crippen LogP contribution in [0.3, 0.4) is 0 Å². The van der Waals surface area contributed by atoms with Crippen molar-refractivity contribution in [3.8, 4) is 0 Å². The van der Waals surface area contributed by atoms with E-state index in [1.54, 1.807) is 0 Å². The summed E-state index contributed by atoms with van der Waals surface area (Å²) in [4.78, 5) is 0.830. The van der Waals surface area contributed by atoms with Gasteiger partial charge in [0.05, 0.1) is 11.9 Å². The predicted molar refractivity (Wildman–Crippen MR) is 70.9 cm³/mol.